The molecule has 0 radical (unpaired) electrons. The van der Waals surface area contributed by atoms with Crippen LogP contribution >= 0.6 is 0 Å². The number of hydrogen-bond acceptors (Lipinski definition) is 5. The van der Waals surface area contributed by atoms with Gasteiger partial charge in [-0.25, -0.2) is 8.42 Å². The lowest BCUT2D eigenvalue weighted by Gasteiger charge is -2.11. The topological polar surface area (TPSA) is 98.5 Å². The van der Waals surface area contributed by atoms with Crippen molar-refractivity contribution in [3.63, 3.8) is 0 Å². The van der Waals surface area contributed by atoms with E-state index in [1.807, 2.05) is 6.92 Å². The first-order chi connectivity index (χ1) is 9.88. The standard InChI is InChI=1S/C14H22N2O4S/c1-3-4-5-8-21(18,19)10-14(17)16-12-9-11(15)6-7-13(12)20-2/h6-7,9H,3-5,8,10,15H2,1-2H3,(H,16,17). The van der Waals surface area contributed by atoms with Gasteiger partial charge in [0.1, 0.15) is 11.5 Å². The van der Waals surface area contributed by atoms with Crippen molar-refractivity contribution in [3.05, 3.63) is 18.2 Å². The van der Waals surface area contributed by atoms with Crippen molar-refractivity contribution in [2.75, 3.05) is 29.7 Å². The molecular weight excluding hydrogens is 292 g/mol. The fourth-order valence-corrected chi connectivity index (χ4v) is 3.11. The highest BCUT2D eigenvalue weighted by atomic mass is 32.2. The molecule has 0 aromatic heterocycles. The summed E-state index contributed by atoms with van der Waals surface area (Å²) in [6.45, 7) is 1.99. The Labute approximate surface area is 125 Å². The van der Waals surface area contributed by atoms with E-state index >= 15 is 0 Å². The first kappa shape index (κ1) is 17.3. The Kier molecular flexibility index (Phi) is 6.48. The summed E-state index contributed by atoms with van der Waals surface area (Å²) in [6, 6.07) is 4.77. The van der Waals surface area contributed by atoms with Gasteiger partial charge >= 0.3 is 0 Å². The van der Waals surface area contributed by atoms with Gasteiger partial charge in [0.2, 0.25) is 5.91 Å². The van der Waals surface area contributed by atoms with E-state index in [2.05, 4.69) is 5.32 Å². The quantitative estimate of drug-likeness (QED) is 0.563. The van der Waals surface area contributed by atoms with Crippen LogP contribution in [0.25, 0.3) is 0 Å². The van der Waals surface area contributed by atoms with Gasteiger partial charge in [-0.1, -0.05) is 19.8 Å². The molecule has 0 bridgehead atoms. The highest BCUT2D eigenvalue weighted by Gasteiger charge is 2.17. The van der Waals surface area contributed by atoms with Gasteiger partial charge < -0.3 is 15.8 Å². The zero-order chi connectivity index (χ0) is 15.9. The number of carbonyl (C=O) groups is 1. The number of anilines is 2. The van der Waals surface area contributed by atoms with Crippen molar-refractivity contribution in [3.8, 4) is 5.75 Å². The van der Waals surface area contributed by atoms with Crippen LogP contribution < -0.4 is 15.8 Å². The Balaban J connectivity index is 2.67. The largest absolute Gasteiger partial charge is 0.495 e. The SMILES string of the molecule is CCCCCS(=O)(=O)CC(=O)Nc1cc(N)ccc1OC. The van der Waals surface area contributed by atoms with Crippen LogP contribution in [0.4, 0.5) is 11.4 Å². The first-order valence-electron chi connectivity index (χ1n) is 6.81. The molecule has 0 fully saturated rings. The van der Waals surface area contributed by atoms with Gasteiger partial charge in [0.25, 0.3) is 0 Å². The highest BCUT2D eigenvalue weighted by molar-refractivity contribution is 7.92. The smallest absolute Gasteiger partial charge is 0.239 e. The molecule has 0 aliphatic carbocycles. The second kappa shape index (κ2) is 7.87. The molecule has 0 saturated heterocycles. The molecule has 0 spiro atoms. The minimum absolute atomic E-state index is 0.0301. The number of nitrogens with one attached hydrogen (secondary N) is 1. The normalized spacial score (nSPS) is 11.1. The Bertz CT molecular complexity index is 585. The molecule has 0 aliphatic rings. The summed E-state index contributed by atoms with van der Waals surface area (Å²) >= 11 is 0. The number of methoxy groups -OCH3 is 1. The van der Waals surface area contributed by atoms with Gasteiger partial charge in [0.15, 0.2) is 9.84 Å². The third-order valence-electron chi connectivity index (χ3n) is 2.91. The number of nitrogens with two attached hydrogens (primary N) is 1. The van der Waals surface area contributed by atoms with Crippen LogP contribution in [0.3, 0.4) is 0 Å². The average Bonchev–Trinajstić information content (AvgIpc) is 2.38. The van der Waals surface area contributed by atoms with Crippen molar-refractivity contribution in [1.82, 2.24) is 0 Å². The zero-order valence-corrected chi connectivity index (χ0v) is 13.2. The number of benzene rings is 1. The van der Waals surface area contributed by atoms with Gasteiger partial charge in [0.05, 0.1) is 18.6 Å². The van der Waals surface area contributed by atoms with E-state index in [4.69, 9.17) is 10.5 Å². The van der Waals surface area contributed by atoms with Crippen molar-refractivity contribution < 1.29 is 17.9 Å². The van der Waals surface area contributed by atoms with Crippen molar-refractivity contribution >= 4 is 27.1 Å². The molecule has 3 N–H and O–H groups in total. The summed E-state index contributed by atoms with van der Waals surface area (Å²) in [5, 5.41) is 2.53. The lowest BCUT2D eigenvalue weighted by Crippen LogP contribution is -2.25. The second-order valence-electron chi connectivity index (χ2n) is 4.81. The van der Waals surface area contributed by atoms with Crippen molar-refractivity contribution in [2.45, 2.75) is 26.2 Å². The minimum atomic E-state index is -3.39. The molecule has 0 aliphatic heterocycles. The fraction of sp³-hybridized carbons (Fsp3) is 0.500. The number of hydrogen-bond donors (Lipinski definition) is 2. The average molecular weight is 314 g/mol. The summed E-state index contributed by atoms with van der Waals surface area (Å²) in [7, 11) is -1.93. The number of carbonyl (C=O) groups excluding carboxylic acids is 1. The molecule has 0 unspecified atom stereocenters. The number of amides is 1. The van der Waals surface area contributed by atoms with Crippen molar-refractivity contribution in [1.29, 1.82) is 0 Å². The van der Waals surface area contributed by atoms with Gasteiger partial charge in [-0.3, -0.25) is 4.79 Å². The van der Waals surface area contributed by atoms with E-state index in [1.165, 1.54) is 13.2 Å². The summed E-state index contributed by atoms with van der Waals surface area (Å²) in [5.74, 6) is -0.659. The lowest BCUT2D eigenvalue weighted by atomic mass is 10.2. The van der Waals surface area contributed by atoms with Gasteiger partial charge in [-0.2, -0.15) is 0 Å². The van der Waals surface area contributed by atoms with Crippen LogP contribution in [0, 0.1) is 0 Å². The Morgan fingerprint density at radius 3 is 2.67 bits per heavy atom. The maximum atomic E-state index is 11.9. The summed E-state index contributed by atoms with van der Waals surface area (Å²) in [6.07, 6.45) is 2.35. The van der Waals surface area contributed by atoms with E-state index in [9.17, 15) is 13.2 Å². The highest BCUT2D eigenvalue weighted by Crippen LogP contribution is 2.26. The number of sulfone groups is 1. The predicted octanol–water partition coefficient (Wildman–Crippen LogP) is 1.82. The molecule has 1 aromatic rings. The maximum absolute atomic E-state index is 11.9. The van der Waals surface area contributed by atoms with E-state index in [-0.39, 0.29) is 5.75 Å². The minimum Gasteiger partial charge on any atom is -0.495 e. The number of nitrogen functional groups attached to an aromatic ring is 1. The molecule has 7 heteroatoms. The predicted molar refractivity (Wildman–Crippen MR) is 84.2 cm³/mol. The Hall–Kier alpha value is -1.76. The van der Waals surface area contributed by atoms with E-state index in [0.29, 0.717) is 23.5 Å². The molecule has 6 nitrogen and oxygen atoms in total. The van der Waals surface area contributed by atoms with E-state index < -0.39 is 21.5 Å². The molecule has 0 atom stereocenters. The molecule has 118 valence electrons. The van der Waals surface area contributed by atoms with E-state index in [0.717, 1.165) is 12.8 Å². The maximum Gasteiger partial charge on any atom is 0.239 e. The second-order valence-corrected chi connectivity index (χ2v) is 6.99. The third-order valence-corrected chi connectivity index (χ3v) is 4.52. The van der Waals surface area contributed by atoms with Gasteiger partial charge in [0, 0.05) is 5.69 Å². The van der Waals surface area contributed by atoms with Crippen LogP contribution in [-0.2, 0) is 14.6 Å². The summed E-state index contributed by atoms with van der Waals surface area (Å²) < 4.78 is 28.7. The first-order valence-corrected chi connectivity index (χ1v) is 8.64. The molecule has 0 saturated carbocycles. The fourth-order valence-electron chi connectivity index (χ4n) is 1.85. The summed E-state index contributed by atoms with van der Waals surface area (Å²) in [5.41, 5.74) is 6.46. The van der Waals surface area contributed by atoms with Crippen LogP contribution in [-0.4, -0.2) is 32.9 Å². The van der Waals surface area contributed by atoms with Crippen LogP contribution in [0.15, 0.2) is 18.2 Å². The van der Waals surface area contributed by atoms with Gasteiger partial charge in [-0.05, 0) is 24.6 Å². The van der Waals surface area contributed by atoms with Gasteiger partial charge in [-0.15, -0.1) is 0 Å². The Morgan fingerprint density at radius 2 is 2.05 bits per heavy atom. The van der Waals surface area contributed by atoms with Crippen molar-refractivity contribution in [2.24, 2.45) is 0 Å². The number of rotatable bonds is 8. The number of unbranched alkanes of at least 4 members (excludes halogenated alkanes) is 2. The molecule has 1 rings (SSSR count). The molecule has 21 heavy (non-hydrogen) atoms. The molecule has 0 heterocycles. The summed E-state index contributed by atoms with van der Waals surface area (Å²) in [4.78, 5) is 11.9. The third kappa shape index (κ3) is 6.03. The molecule has 1 aromatic carbocycles. The zero-order valence-electron chi connectivity index (χ0n) is 12.4. The monoisotopic (exact) mass is 314 g/mol. The molecule has 1 amide bonds. The van der Waals surface area contributed by atoms with Crippen LogP contribution in [0.1, 0.15) is 26.2 Å². The van der Waals surface area contributed by atoms with E-state index in [1.54, 1.807) is 12.1 Å². The molecular formula is C14H22N2O4S. The van der Waals surface area contributed by atoms with Crippen LogP contribution in [0.2, 0.25) is 0 Å². The number of ether oxygens (including phenoxy) is 1. The van der Waals surface area contributed by atoms with Crippen LogP contribution in [0.5, 0.6) is 5.75 Å². The Morgan fingerprint density at radius 1 is 1.33 bits per heavy atom. The lowest BCUT2D eigenvalue weighted by molar-refractivity contribution is -0.113.